The summed E-state index contributed by atoms with van der Waals surface area (Å²) in [6.07, 6.45) is 1.12. The fraction of sp³-hybridized carbons (Fsp3) is 0.316. The number of furan rings is 1. The van der Waals surface area contributed by atoms with Gasteiger partial charge in [0.05, 0.1) is 27.3 Å². The number of thiazole rings is 1. The highest BCUT2D eigenvalue weighted by atomic mass is 32.2. The van der Waals surface area contributed by atoms with E-state index >= 15 is 0 Å². The summed E-state index contributed by atoms with van der Waals surface area (Å²) >= 11 is 1.12. The van der Waals surface area contributed by atoms with Gasteiger partial charge in [-0.25, -0.2) is 8.42 Å². The van der Waals surface area contributed by atoms with E-state index in [4.69, 9.17) is 9.15 Å². The van der Waals surface area contributed by atoms with Gasteiger partial charge in [0.1, 0.15) is 18.1 Å². The number of aromatic nitrogens is 1. The lowest BCUT2D eigenvalue weighted by Crippen LogP contribution is -2.23. The Hall–Kier alpha value is -2.72. The number of hydrogen-bond acceptors (Lipinski definition) is 7. The van der Waals surface area contributed by atoms with Gasteiger partial charge >= 0.3 is 5.97 Å². The van der Waals surface area contributed by atoms with Gasteiger partial charge in [0.25, 0.3) is 5.91 Å². The first-order valence-electron chi connectivity index (χ1n) is 8.75. The molecular weight excluding hydrogens is 416 g/mol. The average molecular weight is 437 g/mol. The zero-order chi connectivity index (χ0) is 21.3. The first-order valence-corrected chi connectivity index (χ1v) is 11.5. The molecule has 1 aromatic carbocycles. The monoisotopic (exact) mass is 436 g/mol. The highest BCUT2D eigenvalue weighted by Crippen LogP contribution is 2.22. The minimum atomic E-state index is -3.40. The molecule has 0 aliphatic heterocycles. The Balaban J connectivity index is 2.19. The number of carbonyl (C=O) groups excluding carboxylic acids is 2. The minimum absolute atomic E-state index is 0.147. The molecule has 154 valence electrons. The smallest absolute Gasteiger partial charge is 0.326 e. The minimum Gasteiger partial charge on any atom is -0.466 e. The molecule has 0 bridgehead atoms. The van der Waals surface area contributed by atoms with Crippen LogP contribution >= 0.6 is 11.3 Å². The van der Waals surface area contributed by atoms with Gasteiger partial charge < -0.3 is 13.7 Å². The van der Waals surface area contributed by atoms with Crippen LogP contribution in [0.2, 0.25) is 0 Å². The summed E-state index contributed by atoms with van der Waals surface area (Å²) in [6.45, 7) is 5.17. The lowest BCUT2D eigenvalue weighted by atomic mass is 10.2. The third kappa shape index (κ3) is 4.48. The van der Waals surface area contributed by atoms with Crippen molar-refractivity contribution in [1.82, 2.24) is 4.57 Å². The molecular formula is C19H20N2O6S2. The standard InChI is InChI=1S/C19H20N2O6S2/c1-5-26-17(22)10-21-15-7-6-13(29(4,24)25)9-16(15)28-19(21)20-18(23)14-8-11(2)27-12(14)3/h6-9H,5,10H2,1-4H3. The number of rotatable bonds is 5. The summed E-state index contributed by atoms with van der Waals surface area (Å²) in [5.74, 6) is 0.0544. The Morgan fingerprint density at radius 2 is 1.97 bits per heavy atom. The largest absolute Gasteiger partial charge is 0.466 e. The Morgan fingerprint density at radius 3 is 2.55 bits per heavy atom. The third-order valence-electron chi connectivity index (χ3n) is 4.14. The predicted molar refractivity (Wildman–Crippen MR) is 108 cm³/mol. The molecule has 0 atom stereocenters. The van der Waals surface area contributed by atoms with Gasteiger partial charge in [-0.05, 0) is 45.0 Å². The van der Waals surface area contributed by atoms with Crippen molar-refractivity contribution >= 4 is 43.3 Å². The number of esters is 1. The molecule has 10 heteroatoms. The van der Waals surface area contributed by atoms with Gasteiger partial charge in [-0.2, -0.15) is 4.99 Å². The second kappa shape index (κ2) is 7.96. The lowest BCUT2D eigenvalue weighted by molar-refractivity contribution is -0.143. The third-order valence-corrected chi connectivity index (χ3v) is 6.29. The topological polar surface area (TPSA) is 108 Å². The maximum Gasteiger partial charge on any atom is 0.326 e. The molecule has 3 aromatic rings. The number of aryl methyl sites for hydroxylation is 2. The van der Waals surface area contributed by atoms with Crippen LogP contribution in [0.5, 0.6) is 0 Å². The van der Waals surface area contributed by atoms with Crippen molar-refractivity contribution in [2.45, 2.75) is 32.2 Å². The molecule has 0 saturated carbocycles. The summed E-state index contributed by atoms with van der Waals surface area (Å²) in [4.78, 5) is 29.3. The molecule has 0 aliphatic carbocycles. The van der Waals surface area contributed by atoms with Crippen LogP contribution < -0.4 is 4.80 Å². The first kappa shape index (κ1) is 21.0. The van der Waals surface area contributed by atoms with Crippen molar-refractivity contribution in [1.29, 1.82) is 0 Å². The number of nitrogens with zero attached hydrogens (tertiary/aromatic N) is 2. The van der Waals surface area contributed by atoms with Gasteiger partial charge in [0.2, 0.25) is 0 Å². The number of ether oxygens (including phenoxy) is 1. The van der Waals surface area contributed by atoms with Crippen LogP contribution in [0.25, 0.3) is 10.2 Å². The maximum absolute atomic E-state index is 12.7. The number of hydrogen-bond donors (Lipinski definition) is 0. The van der Waals surface area contributed by atoms with Crippen LogP contribution in [-0.4, -0.2) is 37.7 Å². The Morgan fingerprint density at radius 1 is 1.24 bits per heavy atom. The van der Waals surface area contributed by atoms with Gasteiger partial charge in [0, 0.05) is 6.26 Å². The van der Waals surface area contributed by atoms with Crippen molar-refractivity contribution in [3.63, 3.8) is 0 Å². The van der Waals surface area contributed by atoms with Crippen LogP contribution in [-0.2, 0) is 25.9 Å². The molecule has 0 saturated heterocycles. The van der Waals surface area contributed by atoms with E-state index in [2.05, 4.69) is 4.99 Å². The quantitative estimate of drug-likeness (QED) is 0.569. The number of amides is 1. The van der Waals surface area contributed by atoms with Crippen molar-refractivity contribution in [2.75, 3.05) is 12.9 Å². The molecule has 0 spiro atoms. The summed E-state index contributed by atoms with van der Waals surface area (Å²) in [6, 6.07) is 6.17. The molecule has 1 amide bonds. The second-order valence-electron chi connectivity index (χ2n) is 6.42. The van der Waals surface area contributed by atoms with Crippen LogP contribution in [0.1, 0.15) is 28.8 Å². The first-order chi connectivity index (χ1) is 13.6. The van der Waals surface area contributed by atoms with E-state index in [0.717, 1.165) is 17.6 Å². The van der Waals surface area contributed by atoms with Crippen LogP contribution in [0, 0.1) is 13.8 Å². The normalized spacial score (nSPS) is 12.5. The van der Waals surface area contributed by atoms with Crippen molar-refractivity contribution in [3.05, 3.63) is 46.2 Å². The molecule has 8 nitrogen and oxygen atoms in total. The molecule has 2 heterocycles. The van der Waals surface area contributed by atoms with Gasteiger partial charge in [-0.1, -0.05) is 11.3 Å². The fourth-order valence-electron chi connectivity index (χ4n) is 2.85. The average Bonchev–Trinajstić information content (AvgIpc) is 3.13. The molecule has 2 aromatic heterocycles. The van der Waals surface area contributed by atoms with E-state index in [0.29, 0.717) is 27.3 Å². The predicted octanol–water partition coefficient (Wildman–Crippen LogP) is 2.62. The second-order valence-corrected chi connectivity index (χ2v) is 9.45. The van der Waals surface area contributed by atoms with Crippen LogP contribution in [0.15, 0.2) is 38.6 Å². The van der Waals surface area contributed by atoms with Crippen molar-refractivity contribution in [3.8, 4) is 0 Å². The van der Waals surface area contributed by atoms with E-state index in [-0.39, 0.29) is 22.8 Å². The van der Waals surface area contributed by atoms with E-state index in [1.165, 1.54) is 12.1 Å². The molecule has 3 rings (SSSR count). The number of sulfone groups is 1. The zero-order valence-corrected chi connectivity index (χ0v) is 18.0. The van der Waals surface area contributed by atoms with Gasteiger partial charge in [-0.3, -0.25) is 9.59 Å². The number of carbonyl (C=O) groups is 2. The van der Waals surface area contributed by atoms with E-state index in [1.54, 1.807) is 37.5 Å². The Labute approximate surface area is 171 Å². The van der Waals surface area contributed by atoms with E-state index in [1.807, 2.05) is 0 Å². The highest BCUT2D eigenvalue weighted by molar-refractivity contribution is 7.90. The van der Waals surface area contributed by atoms with Gasteiger partial charge in [-0.15, -0.1) is 0 Å². The summed E-state index contributed by atoms with van der Waals surface area (Å²) in [7, 11) is -3.40. The van der Waals surface area contributed by atoms with E-state index < -0.39 is 21.7 Å². The summed E-state index contributed by atoms with van der Waals surface area (Å²) < 4.78 is 36.3. The SMILES string of the molecule is CCOC(=O)Cn1c(=NC(=O)c2cc(C)oc2C)sc2cc(S(C)(=O)=O)ccc21. The lowest BCUT2D eigenvalue weighted by Gasteiger charge is -2.05. The van der Waals surface area contributed by atoms with Crippen LogP contribution in [0.4, 0.5) is 0 Å². The highest BCUT2D eigenvalue weighted by Gasteiger charge is 2.17. The summed E-state index contributed by atoms with van der Waals surface area (Å²) in [5.41, 5.74) is 0.918. The molecule has 0 aliphatic rings. The van der Waals surface area contributed by atoms with E-state index in [9.17, 15) is 18.0 Å². The molecule has 0 unspecified atom stereocenters. The summed E-state index contributed by atoms with van der Waals surface area (Å²) in [5, 5.41) is 0. The van der Waals surface area contributed by atoms with Gasteiger partial charge in [0.15, 0.2) is 14.6 Å². The maximum atomic E-state index is 12.7. The zero-order valence-electron chi connectivity index (χ0n) is 16.4. The molecule has 29 heavy (non-hydrogen) atoms. The fourth-order valence-corrected chi connectivity index (χ4v) is 4.64. The van der Waals surface area contributed by atoms with Crippen molar-refractivity contribution in [2.24, 2.45) is 4.99 Å². The molecule has 0 radical (unpaired) electrons. The van der Waals surface area contributed by atoms with Crippen LogP contribution in [0.3, 0.4) is 0 Å². The number of benzene rings is 1. The Bertz CT molecular complexity index is 1280. The van der Waals surface area contributed by atoms with Crippen molar-refractivity contribution < 1.29 is 27.2 Å². The number of fused-ring (bicyclic) bond motifs is 1. The Kier molecular flexibility index (Phi) is 5.76. The molecule has 0 N–H and O–H groups in total. The molecule has 0 fully saturated rings.